The summed E-state index contributed by atoms with van der Waals surface area (Å²) in [5.41, 5.74) is 7.04. The summed E-state index contributed by atoms with van der Waals surface area (Å²) in [5, 5.41) is 0. The van der Waals surface area contributed by atoms with E-state index in [9.17, 15) is 0 Å². The van der Waals surface area contributed by atoms with Crippen LogP contribution in [0.15, 0.2) is 73.2 Å². The maximum absolute atomic E-state index is 6.76. The Morgan fingerprint density at radius 3 is 1.52 bits per heavy atom. The molecule has 160 valence electrons. The van der Waals surface area contributed by atoms with Crippen molar-refractivity contribution in [1.82, 2.24) is 0 Å². The van der Waals surface area contributed by atoms with Crippen LogP contribution in [0.1, 0.15) is 12.0 Å². The quantitative estimate of drug-likeness (QED) is 0.299. The summed E-state index contributed by atoms with van der Waals surface area (Å²) in [6, 6.07) is 11.0. The lowest BCUT2D eigenvalue weighted by atomic mass is 10.2. The lowest BCUT2D eigenvalue weighted by molar-refractivity contribution is 0.256. The molecule has 29 heavy (non-hydrogen) atoms. The molecule has 0 bridgehead atoms. The van der Waals surface area contributed by atoms with Crippen LogP contribution in [-0.4, -0.2) is 33.8 Å². The Morgan fingerprint density at radius 1 is 0.724 bits per heavy atom. The molecule has 3 nitrogen and oxygen atoms in total. The summed E-state index contributed by atoms with van der Waals surface area (Å²) in [6.07, 6.45) is 5.15. The number of hydrogen-bond donors (Lipinski definition) is 0. The maximum atomic E-state index is 6.76. The molecule has 0 heterocycles. The van der Waals surface area contributed by atoms with Crippen LogP contribution >= 0.6 is 0 Å². The average Bonchev–Trinajstić information content (AvgIpc) is 2.65. The van der Waals surface area contributed by atoms with E-state index in [1.807, 2.05) is 35.3 Å². The minimum atomic E-state index is -2.98. The molecule has 0 amide bonds. The predicted octanol–water partition coefficient (Wildman–Crippen LogP) is 6.87. The van der Waals surface area contributed by atoms with Gasteiger partial charge in [0, 0.05) is 6.04 Å². The van der Waals surface area contributed by atoms with Crippen LogP contribution < -0.4 is 0 Å². The van der Waals surface area contributed by atoms with Gasteiger partial charge in [-0.1, -0.05) is 59.6 Å². The zero-order valence-corrected chi connectivity index (χ0v) is 23.0. The standard InChI is InChI=1S/C22H38O3Si4/c1-10-26(4,5)23-29(24-27(6,7)11-2,25-28(8,9)12-3)21-17-16-20-22-18-14-13-15-19-22/h10-16,18-20H,1-3,17,21H2,4-9H3. The normalized spacial score (nSPS) is 13.4. The molecule has 0 radical (unpaired) electrons. The first-order chi connectivity index (χ1) is 13.4. The van der Waals surface area contributed by atoms with Gasteiger partial charge in [-0.3, -0.25) is 0 Å². The molecule has 0 aliphatic carbocycles. The Kier molecular flexibility index (Phi) is 9.67. The van der Waals surface area contributed by atoms with E-state index in [1.165, 1.54) is 5.56 Å². The van der Waals surface area contributed by atoms with E-state index in [2.05, 4.69) is 83.3 Å². The fourth-order valence-electron chi connectivity index (χ4n) is 2.59. The third kappa shape index (κ3) is 9.52. The van der Waals surface area contributed by atoms with Crippen LogP contribution in [0.4, 0.5) is 0 Å². The van der Waals surface area contributed by atoms with Crippen molar-refractivity contribution in [1.29, 1.82) is 0 Å². The van der Waals surface area contributed by atoms with Crippen LogP contribution in [0, 0.1) is 0 Å². The largest absolute Gasteiger partial charge is 0.470 e. The molecule has 0 atom stereocenters. The van der Waals surface area contributed by atoms with E-state index < -0.39 is 33.8 Å². The van der Waals surface area contributed by atoms with Gasteiger partial charge in [0.2, 0.25) is 25.0 Å². The fraction of sp³-hybridized carbons (Fsp3) is 0.364. The summed E-state index contributed by atoms with van der Waals surface area (Å²) < 4.78 is 20.3. The number of benzene rings is 1. The molecule has 0 aromatic heterocycles. The van der Waals surface area contributed by atoms with E-state index in [0.29, 0.717) is 0 Å². The lowest BCUT2D eigenvalue weighted by Gasteiger charge is -2.43. The van der Waals surface area contributed by atoms with Crippen LogP contribution in [0.2, 0.25) is 45.3 Å². The van der Waals surface area contributed by atoms with Gasteiger partial charge in [-0.15, -0.1) is 19.7 Å². The monoisotopic (exact) mass is 462 g/mol. The predicted molar refractivity (Wildman–Crippen MR) is 137 cm³/mol. The Morgan fingerprint density at radius 2 is 1.14 bits per heavy atom. The van der Waals surface area contributed by atoms with E-state index in [0.717, 1.165) is 12.5 Å². The molecule has 0 unspecified atom stereocenters. The highest BCUT2D eigenvalue weighted by Crippen LogP contribution is 2.31. The van der Waals surface area contributed by atoms with Crippen LogP contribution in [0.5, 0.6) is 0 Å². The zero-order valence-electron chi connectivity index (χ0n) is 19.0. The SMILES string of the molecule is C=C[Si](C)(C)O[Si](CCC=Cc1ccccc1)(O[Si](C)(C)C=C)O[Si](C)(C)C=C. The third-order valence-electron chi connectivity index (χ3n) is 4.46. The van der Waals surface area contributed by atoms with Crippen LogP contribution in [0.3, 0.4) is 0 Å². The highest BCUT2D eigenvalue weighted by Gasteiger charge is 2.50. The van der Waals surface area contributed by atoms with Gasteiger partial charge in [-0.2, -0.15) is 0 Å². The summed E-state index contributed by atoms with van der Waals surface area (Å²) in [6.45, 7) is 24.8. The van der Waals surface area contributed by atoms with Crippen molar-refractivity contribution >= 4 is 39.8 Å². The molecule has 0 saturated heterocycles. The first-order valence-electron chi connectivity index (χ1n) is 10.1. The zero-order chi connectivity index (χ0) is 22.2. The first-order valence-corrected chi connectivity index (χ1v) is 21.0. The Hall–Kier alpha value is -1.07. The summed E-state index contributed by atoms with van der Waals surface area (Å²) in [7, 11) is -9.39. The smallest absolute Gasteiger partial charge is 0.413 e. The number of hydrogen-bond acceptors (Lipinski definition) is 3. The van der Waals surface area contributed by atoms with E-state index in [-0.39, 0.29) is 0 Å². The highest BCUT2D eigenvalue weighted by atomic mass is 28.5. The fourth-order valence-corrected chi connectivity index (χ4v) is 16.6. The Bertz CT molecular complexity index is 657. The van der Waals surface area contributed by atoms with Gasteiger partial charge >= 0.3 is 8.80 Å². The van der Waals surface area contributed by atoms with Crippen molar-refractivity contribution in [3.8, 4) is 0 Å². The minimum absolute atomic E-state index is 0.731. The second-order valence-corrected chi connectivity index (χ2v) is 23.9. The molecule has 0 spiro atoms. The molecule has 0 aliphatic rings. The van der Waals surface area contributed by atoms with Gasteiger partial charge in [0.25, 0.3) is 0 Å². The van der Waals surface area contributed by atoms with Crippen LogP contribution in [-0.2, 0) is 12.3 Å². The number of rotatable bonds is 13. The summed E-state index contributed by atoms with van der Waals surface area (Å²) in [5.74, 6) is 0. The van der Waals surface area contributed by atoms with E-state index in [4.69, 9.17) is 12.3 Å². The van der Waals surface area contributed by atoms with Crippen LogP contribution in [0.25, 0.3) is 6.08 Å². The molecule has 0 fully saturated rings. The molecule has 0 saturated carbocycles. The molecule has 1 rings (SSSR count). The summed E-state index contributed by atoms with van der Waals surface area (Å²) >= 11 is 0. The third-order valence-corrected chi connectivity index (χ3v) is 18.4. The molecule has 1 aromatic carbocycles. The Labute approximate surface area is 182 Å². The van der Waals surface area contributed by atoms with Crippen molar-refractivity contribution in [2.24, 2.45) is 0 Å². The van der Waals surface area contributed by atoms with Gasteiger partial charge in [-0.25, -0.2) is 0 Å². The van der Waals surface area contributed by atoms with Gasteiger partial charge < -0.3 is 12.3 Å². The maximum Gasteiger partial charge on any atom is 0.470 e. The van der Waals surface area contributed by atoms with E-state index >= 15 is 0 Å². The summed E-state index contributed by atoms with van der Waals surface area (Å²) in [4.78, 5) is 0. The lowest BCUT2D eigenvalue weighted by Crippen LogP contribution is -2.61. The molecular weight excluding hydrogens is 425 g/mol. The molecular formula is C22H38O3Si4. The van der Waals surface area contributed by atoms with Crippen molar-refractivity contribution < 1.29 is 12.3 Å². The van der Waals surface area contributed by atoms with Gasteiger partial charge in [0.1, 0.15) is 0 Å². The molecule has 0 aliphatic heterocycles. The van der Waals surface area contributed by atoms with Crippen molar-refractivity contribution in [3.63, 3.8) is 0 Å². The molecule has 0 N–H and O–H groups in total. The highest BCUT2D eigenvalue weighted by molar-refractivity contribution is 6.93. The first kappa shape index (κ1) is 26.0. The van der Waals surface area contributed by atoms with Gasteiger partial charge in [-0.05, 0) is 51.3 Å². The molecule has 1 aromatic rings. The average molecular weight is 463 g/mol. The van der Waals surface area contributed by atoms with Crippen molar-refractivity contribution in [3.05, 3.63) is 78.8 Å². The van der Waals surface area contributed by atoms with E-state index in [1.54, 1.807) is 0 Å². The van der Waals surface area contributed by atoms with Gasteiger partial charge in [0.05, 0.1) is 0 Å². The minimum Gasteiger partial charge on any atom is -0.413 e. The second-order valence-electron chi connectivity index (χ2n) is 8.76. The van der Waals surface area contributed by atoms with Crippen molar-refractivity contribution in [2.45, 2.75) is 51.7 Å². The second kappa shape index (κ2) is 10.8. The Balaban J connectivity index is 3.21. The molecule has 7 heteroatoms. The number of allylic oxidation sites excluding steroid dienone is 1. The van der Waals surface area contributed by atoms with Gasteiger partial charge in [0.15, 0.2) is 0 Å². The topological polar surface area (TPSA) is 27.7 Å². The van der Waals surface area contributed by atoms with Crippen molar-refractivity contribution in [2.75, 3.05) is 0 Å².